The molecule has 4 heteroatoms. The van der Waals surface area contributed by atoms with Gasteiger partial charge in [-0.2, -0.15) is 0 Å². The van der Waals surface area contributed by atoms with E-state index in [0.29, 0.717) is 6.54 Å². The highest BCUT2D eigenvalue weighted by Crippen LogP contribution is 2.05. The van der Waals surface area contributed by atoms with Gasteiger partial charge < -0.3 is 9.84 Å². The van der Waals surface area contributed by atoms with Crippen molar-refractivity contribution in [3.63, 3.8) is 0 Å². The summed E-state index contributed by atoms with van der Waals surface area (Å²) < 4.78 is 5.03. The molecule has 0 radical (unpaired) electrons. The highest BCUT2D eigenvalue weighted by Gasteiger charge is 2.19. The summed E-state index contributed by atoms with van der Waals surface area (Å²) in [4.78, 5) is 13.2. The third kappa shape index (κ3) is 8.39. The number of rotatable bonds is 6. The Kier molecular flexibility index (Phi) is 5.83. The smallest absolute Gasteiger partial charge is 0.320 e. The van der Waals surface area contributed by atoms with Crippen molar-refractivity contribution < 1.29 is 14.6 Å². The second kappa shape index (κ2) is 6.08. The first-order valence-electron chi connectivity index (χ1n) is 5.39. The topological polar surface area (TPSA) is 49.8 Å². The van der Waals surface area contributed by atoms with E-state index in [0.717, 1.165) is 6.54 Å². The van der Waals surface area contributed by atoms with Crippen LogP contribution in [0.25, 0.3) is 0 Å². The van der Waals surface area contributed by atoms with E-state index in [9.17, 15) is 9.90 Å². The SMILES string of the molecule is CCN(CC(=O)OC(C)C)CC(C)(C)O. The van der Waals surface area contributed by atoms with Crippen LogP contribution in [0.1, 0.15) is 34.6 Å². The summed E-state index contributed by atoms with van der Waals surface area (Å²) in [6.45, 7) is 10.5. The molecule has 0 aliphatic carbocycles. The van der Waals surface area contributed by atoms with E-state index < -0.39 is 5.60 Å². The van der Waals surface area contributed by atoms with Crippen molar-refractivity contribution >= 4 is 5.97 Å². The predicted octanol–water partition coefficient (Wildman–Crippen LogP) is 1.03. The molecule has 1 N–H and O–H groups in total. The van der Waals surface area contributed by atoms with Gasteiger partial charge in [0.2, 0.25) is 0 Å². The van der Waals surface area contributed by atoms with Crippen LogP contribution in [0.3, 0.4) is 0 Å². The largest absolute Gasteiger partial charge is 0.462 e. The lowest BCUT2D eigenvalue weighted by Crippen LogP contribution is -2.41. The Morgan fingerprint density at radius 3 is 2.33 bits per heavy atom. The number of hydrogen-bond donors (Lipinski definition) is 1. The first-order chi connectivity index (χ1) is 6.74. The van der Waals surface area contributed by atoms with E-state index in [2.05, 4.69) is 0 Å². The molecule has 0 heterocycles. The average Bonchev–Trinajstić information content (AvgIpc) is 1.98. The minimum absolute atomic E-state index is 0.0849. The Morgan fingerprint density at radius 1 is 1.47 bits per heavy atom. The lowest BCUT2D eigenvalue weighted by atomic mass is 10.1. The Morgan fingerprint density at radius 2 is 2.00 bits per heavy atom. The fourth-order valence-corrected chi connectivity index (χ4v) is 1.31. The lowest BCUT2D eigenvalue weighted by Gasteiger charge is -2.27. The summed E-state index contributed by atoms with van der Waals surface area (Å²) in [5, 5.41) is 9.62. The number of hydrogen-bond acceptors (Lipinski definition) is 4. The van der Waals surface area contributed by atoms with E-state index in [1.807, 2.05) is 25.7 Å². The lowest BCUT2D eigenvalue weighted by molar-refractivity contribution is -0.149. The van der Waals surface area contributed by atoms with Gasteiger partial charge in [0.25, 0.3) is 0 Å². The highest BCUT2D eigenvalue weighted by molar-refractivity contribution is 5.71. The van der Waals surface area contributed by atoms with Gasteiger partial charge in [-0.25, -0.2) is 0 Å². The van der Waals surface area contributed by atoms with Crippen LogP contribution in [0.4, 0.5) is 0 Å². The number of likely N-dealkylation sites (N-methyl/N-ethyl adjacent to an activating group) is 1. The minimum atomic E-state index is -0.784. The first-order valence-corrected chi connectivity index (χ1v) is 5.39. The van der Waals surface area contributed by atoms with Crippen molar-refractivity contribution in [1.29, 1.82) is 0 Å². The number of aliphatic hydroxyl groups is 1. The Bertz CT molecular complexity index is 196. The van der Waals surface area contributed by atoms with Crippen LogP contribution in [0.15, 0.2) is 0 Å². The van der Waals surface area contributed by atoms with Gasteiger partial charge in [0, 0.05) is 6.54 Å². The number of nitrogens with zero attached hydrogens (tertiary/aromatic N) is 1. The van der Waals surface area contributed by atoms with Crippen LogP contribution in [0, 0.1) is 0 Å². The molecule has 0 rings (SSSR count). The molecule has 0 aromatic carbocycles. The van der Waals surface area contributed by atoms with Crippen LogP contribution < -0.4 is 0 Å². The molecule has 0 aliphatic rings. The zero-order chi connectivity index (χ0) is 12.1. The van der Waals surface area contributed by atoms with Gasteiger partial charge in [-0.3, -0.25) is 9.69 Å². The van der Waals surface area contributed by atoms with Crippen LogP contribution in [-0.4, -0.2) is 47.3 Å². The van der Waals surface area contributed by atoms with Crippen molar-refractivity contribution in [1.82, 2.24) is 4.90 Å². The fourth-order valence-electron chi connectivity index (χ4n) is 1.31. The van der Waals surface area contributed by atoms with Gasteiger partial charge in [0.05, 0.1) is 18.2 Å². The number of carbonyl (C=O) groups is 1. The van der Waals surface area contributed by atoms with Crippen molar-refractivity contribution in [3.05, 3.63) is 0 Å². The van der Waals surface area contributed by atoms with E-state index in [1.165, 1.54) is 0 Å². The quantitative estimate of drug-likeness (QED) is 0.675. The van der Waals surface area contributed by atoms with Gasteiger partial charge in [-0.05, 0) is 34.2 Å². The summed E-state index contributed by atoms with van der Waals surface area (Å²) in [5.41, 5.74) is -0.784. The Balaban J connectivity index is 4.04. The number of ether oxygens (including phenoxy) is 1. The normalized spacial score (nSPS) is 12.3. The summed E-state index contributed by atoms with van der Waals surface area (Å²) in [6.07, 6.45) is -0.0849. The van der Waals surface area contributed by atoms with E-state index in [4.69, 9.17) is 4.74 Å². The van der Waals surface area contributed by atoms with Gasteiger partial charge in [-0.1, -0.05) is 6.92 Å². The molecule has 0 amide bonds. The molecule has 90 valence electrons. The Labute approximate surface area is 92.2 Å². The molecule has 0 bridgehead atoms. The maximum Gasteiger partial charge on any atom is 0.320 e. The fraction of sp³-hybridized carbons (Fsp3) is 0.909. The molecule has 0 aromatic rings. The summed E-state index contributed by atoms with van der Waals surface area (Å²) in [7, 11) is 0. The molecule has 0 spiro atoms. The molecule has 0 saturated carbocycles. The maximum absolute atomic E-state index is 11.4. The van der Waals surface area contributed by atoms with Crippen molar-refractivity contribution in [2.24, 2.45) is 0 Å². The van der Waals surface area contributed by atoms with Crippen LogP contribution in [-0.2, 0) is 9.53 Å². The van der Waals surface area contributed by atoms with E-state index in [-0.39, 0.29) is 18.6 Å². The number of carbonyl (C=O) groups excluding carboxylic acids is 1. The second-order valence-electron chi connectivity index (χ2n) is 4.65. The van der Waals surface area contributed by atoms with Crippen molar-refractivity contribution in [3.8, 4) is 0 Å². The molecule has 0 atom stereocenters. The standard InChI is InChI=1S/C11H23NO3/c1-6-12(8-11(4,5)14)7-10(13)15-9(2)3/h9,14H,6-8H2,1-5H3. The van der Waals surface area contributed by atoms with E-state index in [1.54, 1.807) is 13.8 Å². The molecule has 0 saturated heterocycles. The van der Waals surface area contributed by atoms with Crippen LogP contribution in [0.5, 0.6) is 0 Å². The summed E-state index contributed by atoms with van der Waals surface area (Å²) in [6, 6.07) is 0. The van der Waals surface area contributed by atoms with Gasteiger partial charge in [0.1, 0.15) is 0 Å². The molecule has 4 nitrogen and oxygen atoms in total. The second-order valence-corrected chi connectivity index (χ2v) is 4.65. The first kappa shape index (κ1) is 14.4. The van der Waals surface area contributed by atoms with Crippen molar-refractivity contribution in [2.75, 3.05) is 19.6 Å². The third-order valence-corrected chi connectivity index (χ3v) is 1.78. The molecule has 0 unspecified atom stereocenters. The Hall–Kier alpha value is -0.610. The average molecular weight is 217 g/mol. The molecular formula is C11H23NO3. The number of esters is 1. The predicted molar refractivity (Wildman–Crippen MR) is 59.6 cm³/mol. The van der Waals surface area contributed by atoms with E-state index >= 15 is 0 Å². The third-order valence-electron chi connectivity index (χ3n) is 1.78. The molecule has 15 heavy (non-hydrogen) atoms. The zero-order valence-corrected chi connectivity index (χ0v) is 10.4. The zero-order valence-electron chi connectivity index (χ0n) is 10.4. The molecule has 0 aromatic heterocycles. The summed E-state index contributed by atoms with van der Waals surface area (Å²) >= 11 is 0. The molecular weight excluding hydrogens is 194 g/mol. The van der Waals surface area contributed by atoms with Crippen LogP contribution in [0.2, 0.25) is 0 Å². The molecule has 0 fully saturated rings. The summed E-state index contributed by atoms with van der Waals surface area (Å²) in [5.74, 6) is -0.240. The van der Waals surface area contributed by atoms with Gasteiger partial charge in [0.15, 0.2) is 0 Å². The van der Waals surface area contributed by atoms with Crippen molar-refractivity contribution in [2.45, 2.75) is 46.3 Å². The minimum Gasteiger partial charge on any atom is -0.462 e. The monoisotopic (exact) mass is 217 g/mol. The van der Waals surface area contributed by atoms with Crippen LogP contribution >= 0.6 is 0 Å². The molecule has 0 aliphatic heterocycles. The highest BCUT2D eigenvalue weighted by atomic mass is 16.5. The van der Waals surface area contributed by atoms with Gasteiger partial charge in [-0.15, -0.1) is 0 Å². The maximum atomic E-state index is 11.4. The van der Waals surface area contributed by atoms with Gasteiger partial charge >= 0.3 is 5.97 Å².